The number of carbonyl (C=O) groups is 6. The van der Waals surface area contributed by atoms with Crippen LogP contribution in [-0.4, -0.2) is 66.1 Å². The van der Waals surface area contributed by atoms with E-state index in [0.717, 1.165) is 36.4 Å². The number of pyridine rings is 3. The van der Waals surface area contributed by atoms with Crippen molar-refractivity contribution in [1.82, 2.24) is 15.0 Å². The number of hydrogen-bond donors (Lipinski definition) is 3. The molecule has 41 heavy (non-hydrogen) atoms. The number of aromatic hydroxyl groups is 3. The second-order valence-corrected chi connectivity index (χ2v) is 6.51. The van der Waals surface area contributed by atoms with Crippen LogP contribution in [0.5, 0.6) is 17.2 Å². The number of aromatic nitrogens is 3. The van der Waals surface area contributed by atoms with Crippen LogP contribution in [0.4, 0.5) is 0 Å². The minimum atomic E-state index is -1.67. The van der Waals surface area contributed by atoms with Crippen LogP contribution in [0.15, 0.2) is 36.4 Å². The molecule has 0 fully saturated rings. The van der Waals surface area contributed by atoms with Crippen molar-refractivity contribution in [2.24, 2.45) is 0 Å². The van der Waals surface area contributed by atoms with E-state index in [1.165, 1.54) is 0 Å². The van der Waals surface area contributed by atoms with Gasteiger partial charge in [0.05, 0.1) is 70.0 Å². The van der Waals surface area contributed by atoms with Crippen molar-refractivity contribution < 1.29 is 152 Å². The summed E-state index contributed by atoms with van der Waals surface area (Å²) < 4.78 is 0. The quantitative estimate of drug-likeness (QED) is 0.207. The van der Waals surface area contributed by atoms with Gasteiger partial charge in [-0.1, -0.05) is 0 Å². The first-order valence-corrected chi connectivity index (χ1v) is 9.43. The molecule has 0 saturated heterocycles. The first-order valence-electron chi connectivity index (χ1n) is 9.43. The predicted molar refractivity (Wildman–Crippen MR) is 104 cm³/mol. The molecular formula is C21H9N3O15Tb2. The Balaban J connectivity index is 0. The zero-order chi connectivity index (χ0) is 30.0. The van der Waals surface area contributed by atoms with Gasteiger partial charge < -0.3 is 74.7 Å². The second kappa shape index (κ2) is 17.8. The van der Waals surface area contributed by atoms with Crippen LogP contribution >= 0.6 is 0 Å². The van der Waals surface area contributed by atoms with E-state index < -0.39 is 87.2 Å². The second-order valence-electron chi connectivity index (χ2n) is 6.51. The van der Waals surface area contributed by atoms with Gasteiger partial charge in [-0.3, -0.25) is 0 Å². The van der Waals surface area contributed by atoms with Crippen LogP contribution < -0.4 is 30.6 Å². The first kappa shape index (κ1) is 39.4. The Hall–Kier alpha value is -3.76. The molecule has 0 saturated carbocycles. The van der Waals surface area contributed by atoms with Gasteiger partial charge in [-0.2, -0.15) is 0 Å². The van der Waals surface area contributed by atoms with E-state index in [0.29, 0.717) is 0 Å². The fraction of sp³-hybridized carbons (Fsp3) is 0. The molecule has 0 bridgehead atoms. The fourth-order valence-electron chi connectivity index (χ4n) is 2.18. The largest absolute Gasteiger partial charge is 3.00 e. The SMILES string of the molecule is O=C([O-])c1cc(O)cc(C(=O)[O-])n1.O=C([O-])c1cc(O)cc(C(=O)[O-])n1.O=C([O-])c1cc(O)cc(C(=O)[O-])n1.[Tb+3].[Tb+3]. The molecule has 216 valence electrons. The molecule has 0 aromatic carbocycles. The molecule has 3 rings (SSSR count). The normalized spacial score (nSPS) is 9.07. The van der Waals surface area contributed by atoms with Crippen LogP contribution in [0, 0.1) is 77.2 Å². The van der Waals surface area contributed by atoms with Crippen LogP contribution in [0.1, 0.15) is 62.9 Å². The van der Waals surface area contributed by atoms with Gasteiger partial charge in [0.15, 0.2) is 0 Å². The number of aromatic carboxylic acids is 6. The van der Waals surface area contributed by atoms with Crippen molar-refractivity contribution >= 4 is 35.8 Å². The van der Waals surface area contributed by atoms with Gasteiger partial charge in [0.25, 0.3) is 0 Å². The van der Waals surface area contributed by atoms with Crippen molar-refractivity contribution in [2.75, 3.05) is 0 Å². The molecule has 0 aliphatic heterocycles. The van der Waals surface area contributed by atoms with E-state index >= 15 is 0 Å². The maximum atomic E-state index is 10.2. The molecule has 0 amide bonds. The first-order chi connectivity index (χ1) is 18.0. The molecule has 0 spiro atoms. The number of carboxylic acids is 6. The van der Waals surface area contributed by atoms with E-state index in [1.54, 1.807) is 0 Å². The fourth-order valence-corrected chi connectivity index (χ4v) is 2.18. The number of carbonyl (C=O) groups excluding carboxylic acids is 6. The van der Waals surface area contributed by atoms with Gasteiger partial charge in [0.2, 0.25) is 0 Å². The van der Waals surface area contributed by atoms with E-state index in [-0.39, 0.29) is 77.2 Å². The van der Waals surface area contributed by atoms with E-state index in [9.17, 15) is 59.4 Å². The van der Waals surface area contributed by atoms with Crippen LogP contribution in [0.3, 0.4) is 0 Å². The topological polar surface area (TPSA) is 340 Å². The average molecular weight is 861 g/mol. The Labute approximate surface area is 287 Å². The Bertz CT molecular complexity index is 1210. The Morgan fingerprint density at radius 2 is 0.512 bits per heavy atom. The smallest absolute Gasteiger partial charge is 0.543 e. The summed E-state index contributed by atoms with van der Waals surface area (Å²) in [5, 5.41) is 88.0. The van der Waals surface area contributed by atoms with E-state index in [4.69, 9.17) is 15.3 Å². The Morgan fingerprint density at radius 1 is 0.390 bits per heavy atom. The minimum Gasteiger partial charge on any atom is -0.543 e. The van der Waals surface area contributed by atoms with Gasteiger partial charge in [-0.25, -0.2) is 15.0 Å². The molecule has 0 atom stereocenters. The summed E-state index contributed by atoms with van der Waals surface area (Å²) in [5.41, 5.74) is -3.92. The molecule has 0 aliphatic rings. The summed E-state index contributed by atoms with van der Waals surface area (Å²) in [6.45, 7) is 0. The Kier molecular flexibility index (Phi) is 17.1. The summed E-state index contributed by atoms with van der Waals surface area (Å²) in [6, 6.07) is 4.68. The zero-order valence-corrected chi connectivity index (χ0v) is 23.5. The Morgan fingerprint density at radius 3 is 0.610 bits per heavy atom. The van der Waals surface area contributed by atoms with Crippen LogP contribution in [0.2, 0.25) is 0 Å². The van der Waals surface area contributed by atoms with Crippen molar-refractivity contribution in [3.8, 4) is 17.2 Å². The molecule has 3 N–H and O–H groups in total. The molecule has 18 nitrogen and oxygen atoms in total. The molecule has 0 radical (unpaired) electrons. The molecular weight excluding hydrogens is 852 g/mol. The third-order valence-electron chi connectivity index (χ3n) is 3.69. The van der Waals surface area contributed by atoms with Crippen molar-refractivity contribution in [2.45, 2.75) is 0 Å². The standard InChI is InChI=1S/3C7H5NO5.2Tb/c3*9-3-1-4(6(10)11)8-5(2-3)7(12)13;;/h3*1-2H,(H,8,9)(H,10,11)(H,12,13);;/q;;;2*+3/p-6. The van der Waals surface area contributed by atoms with Gasteiger partial charge in [0, 0.05) is 36.4 Å². The van der Waals surface area contributed by atoms with Crippen molar-refractivity contribution in [3.05, 3.63) is 70.6 Å². The number of nitrogens with zero attached hydrogens (tertiary/aromatic N) is 3. The van der Waals surface area contributed by atoms with Crippen molar-refractivity contribution in [3.63, 3.8) is 0 Å². The maximum absolute atomic E-state index is 10.2. The summed E-state index contributed by atoms with van der Waals surface area (Å²) in [6.07, 6.45) is 0. The monoisotopic (exact) mass is 861 g/mol. The van der Waals surface area contributed by atoms with Crippen LogP contribution in [-0.2, 0) is 0 Å². The van der Waals surface area contributed by atoms with E-state index in [2.05, 4.69) is 15.0 Å². The van der Waals surface area contributed by atoms with Gasteiger partial charge in [0.1, 0.15) is 17.2 Å². The number of carboxylic acid groups (broad SMARTS) is 6. The van der Waals surface area contributed by atoms with Crippen LogP contribution in [0.25, 0.3) is 0 Å². The molecule has 20 heteroatoms. The van der Waals surface area contributed by atoms with Crippen molar-refractivity contribution in [1.29, 1.82) is 0 Å². The third-order valence-corrected chi connectivity index (χ3v) is 3.69. The summed E-state index contributed by atoms with van der Waals surface area (Å²) in [7, 11) is 0. The molecule has 0 aliphatic carbocycles. The number of hydrogen-bond acceptors (Lipinski definition) is 18. The number of rotatable bonds is 6. The zero-order valence-electron chi connectivity index (χ0n) is 19.2. The molecule has 3 aromatic heterocycles. The summed E-state index contributed by atoms with van der Waals surface area (Å²) in [4.78, 5) is 70.8. The molecule has 0 unspecified atom stereocenters. The van der Waals surface area contributed by atoms with E-state index in [1.807, 2.05) is 0 Å². The molecule has 3 heterocycles. The van der Waals surface area contributed by atoms with Gasteiger partial charge in [-0.05, 0) is 0 Å². The van der Waals surface area contributed by atoms with Gasteiger partial charge >= 0.3 is 77.2 Å². The van der Waals surface area contributed by atoms with Gasteiger partial charge in [-0.15, -0.1) is 0 Å². The summed E-state index contributed by atoms with van der Waals surface area (Å²) in [5.74, 6) is -11.6. The summed E-state index contributed by atoms with van der Waals surface area (Å²) >= 11 is 0. The minimum absolute atomic E-state index is 0. The maximum Gasteiger partial charge on any atom is 3.00 e. The average Bonchev–Trinajstić information content (AvgIpc) is 2.83. The predicted octanol–water partition coefficient (Wildman–Crippen LogP) is -7.46. The molecule has 3 aromatic rings. The third kappa shape index (κ3) is 13.4.